The zero-order valence-corrected chi connectivity index (χ0v) is 11.7. The van der Waals surface area contributed by atoms with Crippen molar-refractivity contribution in [1.29, 1.82) is 0 Å². The number of carbonyl (C=O) groups excluding carboxylic acids is 1. The Hall–Kier alpha value is -0.570. The first kappa shape index (κ1) is 14.5. The standard InChI is InChI=1S/C14H28N2O/c1-4-7-10-12(8-5-2)16-13(9-6-3)15-11-14(16)17/h12-13,15H,4-11H2,1-3H3. The first-order chi connectivity index (χ1) is 8.24. The molecular weight excluding hydrogens is 212 g/mol. The van der Waals surface area contributed by atoms with Gasteiger partial charge in [0, 0.05) is 6.04 Å². The van der Waals surface area contributed by atoms with Crippen molar-refractivity contribution < 1.29 is 4.79 Å². The average Bonchev–Trinajstić information content (AvgIpc) is 2.67. The molecule has 0 aromatic rings. The minimum atomic E-state index is 0.293. The molecule has 100 valence electrons. The molecule has 0 saturated carbocycles. The lowest BCUT2D eigenvalue weighted by molar-refractivity contribution is -0.130. The fourth-order valence-electron chi connectivity index (χ4n) is 2.74. The molecule has 17 heavy (non-hydrogen) atoms. The largest absolute Gasteiger partial charge is 0.323 e. The van der Waals surface area contributed by atoms with Crippen molar-refractivity contribution in [2.24, 2.45) is 0 Å². The predicted molar refractivity (Wildman–Crippen MR) is 71.8 cm³/mol. The van der Waals surface area contributed by atoms with Crippen LogP contribution in [0.1, 0.15) is 65.7 Å². The van der Waals surface area contributed by atoms with Crippen molar-refractivity contribution in [1.82, 2.24) is 10.2 Å². The molecule has 0 aliphatic carbocycles. The molecular formula is C14H28N2O. The van der Waals surface area contributed by atoms with Crippen LogP contribution in [-0.4, -0.2) is 29.6 Å². The highest BCUT2D eigenvalue weighted by atomic mass is 16.2. The van der Waals surface area contributed by atoms with Gasteiger partial charge in [-0.25, -0.2) is 0 Å². The lowest BCUT2D eigenvalue weighted by atomic mass is 10.0. The number of unbranched alkanes of at least 4 members (excludes halogenated alkanes) is 1. The molecule has 1 N–H and O–H groups in total. The second-order valence-corrected chi connectivity index (χ2v) is 5.07. The summed E-state index contributed by atoms with van der Waals surface area (Å²) < 4.78 is 0. The predicted octanol–water partition coefficient (Wildman–Crippen LogP) is 2.90. The molecule has 0 radical (unpaired) electrons. The molecule has 1 aliphatic rings. The number of amides is 1. The molecule has 1 saturated heterocycles. The van der Waals surface area contributed by atoms with Crippen LogP contribution in [-0.2, 0) is 4.79 Å². The van der Waals surface area contributed by atoms with Gasteiger partial charge in [0.1, 0.15) is 0 Å². The summed E-state index contributed by atoms with van der Waals surface area (Å²) in [6.07, 6.45) is 8.43. The summed E-state index contributed by atoms with van der Waals surface area (Å²) >= 11 is 0. The lowest BCUT2D eigenvalue weighted by Gasteiger charge is -2.33. The van der Waals surface area contributed by atoms with Gasteiger partial charge in [0.05, 0.1) is 12.7 Å². The number of hydrogen-bond donors (Lipinski definition) is 1. The zero-order chi connectivity index (χ0) is 12.7. The Kier molecular flexibility index (Phi) is 6.56. The summed E-state index contributed by atoms with van der Waals surface area (Å²) in [5, 5.41) is 3.35. The lowest BCUT2D eigenvalue weighted by Crippen LogP contribution is -2.44. The van der Waals surface area contributed by atoms with E-state index in [4.69, 9.17) is 0 Å². The van der Waals surface area contributed by atoms with E-state index in [0.717, 1.165) is 32.1 Å². The molecule has 1 rings (SSSR count). The third-order valence-corrected chi connectivity index (χ3v) is 3.58. The van der Waals surface area contributed by atoms with Gasteiger partial charge in [-0.2, -0.15) is 0 Å². The molecule has 0 aromatic heterocycles. The van der Waals surface area contributed by atoms with Crippen molar-refractivity contribution in [3.05, 3.63) is 0 Å². The molecule has 1 heterocycles. The van der Waals surface area contributed by atoms with Crippen molar-refractivity contribution in [3.63, 3.8) is 0 Å². The zero-order valence-electron chi connectivity index (χ0n) is 11.7. The summed E-state index contributed by atoms with van der Waals surface area (Å²) in [6, 6.07) is 0.457. The van der Waals surface area contributed by atoms with Crippen molar-refractivity contribution >= 4 is 5.91 Å². The highest BCUT2D eigenvalue weighted by Crippen LogP contribution is 2.21. The SMILES string of the molecule is CCCCC(CCC)N1C(=O)CNC1CCC. The van der Waals surface area contributed by atoms with Gasteiger partial charge >= 0.3 is 0 Å². The minimum absolute atomic E-state index is 0.293. The summed E-state index contributed by atoms with van der Waals surface area (Å²) in [5.41, 5.74) is 0. The van der Waals surface area contributed by atoms with E-state index in [-0.39, 0.29) is 0 Å². The van der Waals surface area contributed by atoms with Gasteiger partial charge in [-0.15, -0.1) is 0 Å². The van der Waals surface area contributed by atoms with Crippen molar-refractivity contribution in [3.8, 4) is 0 Å². The minimum Gasteiger partial charge on any atom is -0.323 e. The molecule has 0 aromatic carbocycles. The molecule has 0 spiro atoms. The van der Waals surface area contributed by atoms with Crippen LogP contribution in [0, 0.1) is 0 Å². The molecule has 3 heteroatoms. The van der Waals surface area contributed by atoms with E-state index >= 15 is 0 Å². The fourth-order valence-corrected chi connectivity index (χ4v) is 2.74. The maximum Gasteiger partial charge on any atom is 0.238 e. The van der Waals surface area contributed by atoms with Crippen molar-refractivity contribution in [2.75, 3.05) is 6.54 Å². The van der Waals surface area contributed by atoms with E-state index in [9.17, 15) is 4.79 Å². The smallest absolute Gasteiger partial charge is 0.238 e. The van der Waals surface area contributed by atoms with Crippen LogP contribution in [0.3, 0.4) is 0 Å². The summed E-state index contributed by atoms with van der Waals surface area (Å²) in [6.45, 7) is 7.15. The van der Waals surface area contributed by atoms with E-state index in [1.165, 1.54) is 12.8 Å². The summed E-state index contributed by atoms with van der Waals surface area (Å²) in [7, 11) is 0. The molecule has 0 bridgehead atoms. The Labute approximate surface area is 106 Å². The number of carbonyl (C=O) groups is 1. The van der Waals surface area contributed by atoms with Gasteiger partial charge in [0.25, 0.3) is 0 Å². The molecule has 2 unspecified atom stereocenters. The third-order valence-electron chi connectivity index (χ3n) is 3.58. The van der Waals surface area contributed by atoms with Gasteiger partial charge in [0.2, 0.25) is 5.91 Å². The number of nitrogens with zero attached hydrogens (tertiary/aromatic N) is 1. The first-order valence-electron chi connectivity index (χ1n) is 7.29. The molecule has 2 atom stereocenters. The fraction of sp³-hybridized carbons (Fsp3) is 0.929. The van der Waals surface area contributed by atoms with Crippen LogP contribution < -0.4 is 5.32 Å². The Morgan fingerprint density at radius 2 is 2.00 bits per heavy atom. The molecule has 1 aliphatic heterocycles. The topological polar surface area (TPSA) is 32.3 Å². The van der Waals surface area contributed by atoms with Crippen LogP contribution >= 0.6 is 0 Å². The van der Waals surface area contributed by atoms with E-state index in [1.807, 2.05) is 0 Å². The Morgan fingerprint density at radius 1 is 1.24 bits per heavy atom. The van der Waals surface area contributed by atoms with E-state index in [0.29, 0.717) is 24.7 Å². The van der Waals surface area contributed by atoms with Crippen LogP contribution in [0.15, 0.2) is 0 Å². The van der Waals surface area contributed by atoms with E-state index in [1.54, 1.807) is 0 Å². The highest BCUT2D eigenvalue weighted by molar-refractivity contribution is 5.81. The second kappa shape index (κ2) is 7.70. The van der Waals surface area contributed by atoms with Crippen LogP contribution in [0.4, 0.5) is 0 Å². The Balaban J connectivity index is 2.63. The maximum absolute atomic E-state index is 12.0. The Bertz CT molecular complexity index is 230. The average molecular weight is 240 g/mol. The van der Waals surface area contributed by atoms with Gasteiger partial charge in [-0.3, -0.25) is 10.1 Å². The number of nitrogens with one attached hydrogen (secondary N) is 1. The van der Waals surface area contributed by atoms with Crippen molar-refractivity contribution in [2.45, 2.75) is 77.9 Å². The second-order valence-electron chi connectivity index (χ2n) is 5.07. The highest BCUT2D eigenvalue weighted by Gasteiger charge is 2.34. The third kappa shape index (κ3) is 3.98. The van der Waals surface area contributed by atoms with Crippen LogP contribution in [0.2, 0.25) is 0 Å². The maximum atomic E-state index is 12.0. The van der Waals surface area contributed by atoms with Gasteiger partial charge in [-0.05, 0) is 19.3 Å². The summed E-state index contributed by atoms with van der Waals surface area (Å²) in [4.78, 5) is 14.1. The van der Waals surface area contributed by atoms with Gasteiger partial charge < -0.3 is 4.90 Å². The van der Waals surface area contributed by atoms with Gasteiger partial charge in [0.15, 0.2) is 0 Å². The molecule has 1 amide bonds. The van der Waals surface area contributed by atoms with E-state index in [2.05, 4.69) is 31.0 Å². The number of hydrogen-bond acceptors (Lipinski definition) is 2. The van der Waals surface area contributed by atoms with E-state index < -0.39 is 0 Å². The van der Waals surface area contributed by atoms with Crippen LogP contribution in [0.5, 0.6) is 0 Å². The number of rotatable bonds is 8. The molecule has 1 fully saturated rings. The first-order valence-corrected chi connectivity index (χ1v) is 7.29. The molecule has 3 nitrogen and oxygen atoms in total. The van der Waals surface area contributed by atoms with Gasteiger partial charge in [-0.1, -0.05) is 46.5 Å². The quantitative estimate of drug-likeness (QED) is 0.707. The monoisotopic (exact) mass is 240 g/mol. The normalized spacial score (nSPS) is 22.2. The Morgan fingerprint density at radius 3 is 2.59 bits per heavy atom. The summed E-state index contributed by atoms with van der Waals surface area (Å²) in [5.74, 6) is 0.304. The van der Waals surface area contributed by atoms with Crippen LogP contribution in [0.25, 0.3) is 0 Å².